The van der Waals surface area contributed by atoms with Crippen molar-refractivity contribution in [2.75, 3.05) is 0 Å². The summed E-state index contributed by atoms with van der Waals surface area (Å²) in [6.07, 6.45) is 7.25. The number of aryl methyl sites for hydroxylation is 1. The average Bonchev–Trinajstić information content (AvgIpc) is 3.15. The van der Waals surface area contributed by atoms with E-state index in [1.165, 1.54) is 25.7 Å². The van der Waals surface area contributed by atoms with E-state index in [0.717, 1.165) is 28.2 Å². The second-order valence-corrected chi connectivity index (χ2v) is 7.64. The second-order valence-electron chi connectivity index (χ2n) is 6.73. The summed E-state index contributed by atoms with van der Waals surface area (Å²) in [4.78, 5) is 12.9. The minimum Gasteiger partial charge on any atom is -0.345 e. The number of nitrogens with zero attached hydrogens (tertiary/aromatic N) is 2. The maximum Gasteiger partial charge on any atom is 0.270 e. The van der Waals surface area contributed by atoms with Crippen molar-refractivity contribution in [1.29, 1.82) is 0 Å². The molecular formula is C17H20BrN3O. The Labute approximate surface area is 138 Å². The summed E-state index contributed by atoms with van der Waals surface area (Å²) in [5.41, 5.74) is 1.58. The summed E-state index contributed by atoms with van der Waals surface area (Å²) in [6, 6.07) is 5.89. The number of hydrogen-bond donors (Lipinski definition) is 1. The van der Waals surface area contributed by atoms with Gasteiger partial charge in [0.25, 0.3) is 5.91 Å². The predicted octanol–water partition coefficient (Wildman–Crippen LogP) is 3.79. The Bertz CT molecular complexity index is 742. The number of hydrogen-bond acceptors (Lipinski definition) is 2. The van der Waals surface area contributed by atoms with E-state index in [1.54, 1.807) is 4.68 Å². The Morgan fingerprint density at radius 3 is 2.77 bits per heavy atom. The molecule has 5 heteroatoms. The molecular weight excluding hydrogens is 342 g/mol. The molecule has 0 spiro atoms. The third-order valence-electron chi connectivity index (χ3n) is 5.23. The van der Waals surface area contributed by atoms with Gasteiger partial charge < -0.3 is 5.32 Å². The maximum atomic E-state index is 12.9. The normalized spacial score (nSPS) is 20.5. The quantitative estimate of drug-likeness (QED) is 0.903. The highest BCUT2D eigenvalue weighted by Crippen LogP contribution is 2.48. The lowest BCUT2D eigenvalue weighted by atomic mass is 9.91. The van der Waals surface area contributed by atoms with Crippen LogP contribution in [0.15, 0.2) is 22.7 Å². The van der Waals surface area contributed by atoms with Crippen molar-refractivity contribution in [1.82, 2.24) is 15.1 Å². The molecule has 2 saturated carbocycles. The number of benzene rings is 1. The van der Waals surface area contributed by atoms with E-state index in [4.69, 9.17) is 0 Å². The predicted molar refractivity (Wildman–Crippen MR) is 89.8 cm³/mol. The number of amides is 1. The van der Waals surface area contributed by atoms with Gasteiger partial charge in [-0.1, -0.05) is 28.8 Å². The fourth-order valence-corrected chi connectivity index (χ4v) is 4.35. The van der Waals surface area contributed by atoms with Gasteiger partial charge in [0, 0.05) is 22.4 Å². The fourth-order valence-electron chi connectivity index (χ4n) is 4.01. The SMILES string of the molecule is Cn1nc2cc(Br)ccc2c1C(=O)NC1(C2CC2)CCCC1. The zero-order chi connectivity index (χ0) is 15.3. The van der Waals surface area contributed by atoms with Crippen molar-refractivity contribution in [2.24, 2.45) is 13.0 Å². The summed E-state index contributed by atoms with van der Waals surface area (Å²) >= 11 is 3.46. The number of carbonyl (C=O) groups excluding carboxylic acids is 1. The lowest BCUT2D eigenvalue weighted by molar-refractivity contribution is 0.0878. The summed E-state index contributed by atoms with van der Waals surface area (Å²) in [6.45, 7) is 0. The van der Waals surface area contributed by atoms with E-state index in [1.807, 2.05) is 25.2 Å². The third kappa shape index (κ3) is 2.26. The zero-order valence-corrected chi connectivity index (χ0v) is 14.3. The minimum atomic E-state index is 0.0288. The molecule has 2 aliphatic carbocycles. The minimum absolute atomic E-state index is 0.0288. The van der Waals surface area contributed by atoms with Gasteiger partial charge in [-0.25, -0.2) is 0 Å². The van der Waals surface area contributed by atoms with E-state index in [2.05, 4.69) is 26.3 Å². The van der Waals surface area contributed by atoms with Crippen molar-refractivity contribution < 1.29 is 4.79 Å². The van der Waals surface area contributed by atoms with E-state index >= 15 is 0 Å². The lowest BCUT2D eigenvalue weighted by Crippen LogP contribution is -2.48. The van der Waals surface area contributed by atoms with Gasteiger partial charge in [-0.05, 0) is 49.8 Å². The molecule has 0 saturated heterocycles. The first kappa shape index (κ1) is 14.2. The van der Waals surface area contributed by atoms with Crippen molar-refractivity contribution in [3.63, 3.8) is 0 Å². The topological polar surface area (TPSA) is 46.9 Å². The molecule has 1 aromatic carbocycles. The Morgan fingerprint density at radius 1 is 1.36 bits per heavy atom. The molecule has 1 amide bonds. The van der Waals surface area contributed by atoms with E-state index < -0.39 is 0 Å². The van der Waals surface area contributed by atoms with Crippen molar-refractivity contribution >= 4 is 32.7 Å². The molecule has 1 heterocycles. The van der Waals surface area contributed by atoms with E-state index in [0.29, 0.717) is 11.6 Å². The van der Waals surface area contributed by atoms with Crippen LogP contribution in [0.25, 0.3) is 10.9 Å². The van der Waals surface area contributed by atoms with Crippen LogP contribution in [-0.2, 0) is 7.05 Å². The molecule has 1 N–H and O–H groups in total. The molecule has 4 rings (SSSR count). The maximum absolute atomic E-state index is 12.9. The Kier molecular flexibility index (Phi) is 3.29. The molecule has 4 nitrogen and oxygen atoms in total. The highest BCUT2D eigenvalue weighted by molar-refractivity contribution is 9.10. The van der Waals surface area contributed by atoms with Gasteiger partial charge in [0.1, 0.15) is 5.69 Å². The molecule has 0 radical (unpaired) electrons. The van der Waals surface area contributed by atoms with E-state index in [-0.39, 0.29) is 11.4 Å². The molecule has 0 atom stereocenters. The van der Waals surface area contributed by atoms with Gasteiger partial charge in [0.15, 0.2) is 0 Å². The standard InChI is InChI=1S/C17H20BrN3O/c1-21-15(13-7-6-12(18)10-14(13)20-21)16(22)19-17(11-4-5-11)8-2-3-9-17/h6-7,10-11H,2-5,8-9H2,1H3,(H,19,22). The molecule has 2 fully saturated rings. The van der Waals surface area contributed by atoms with Gasteiger partial charge in [-0.2, -0.15) is 5.10 Å². The first-order chi connectivity index (χ1) is 10.6. The van der Waals surface area contributed by atoms with Gasteiger partial charge in [-0.15, -0.1) is 0 Å². The number of aromatic nitrogens is 2. The molecule has 2 aliphatic rings. The lowest BCUT2D eigenvalue weighted by Gasteiger charge is -2.30. The molecule has 116 valence electrons. The zero-order valence-electron chi connectivity index (χ0n) is 12.7. The fraction of sp³-hybridized carbons (Fsp3) is 0.529. The molecule has 2 aromatic rings. The van der Waals surface area contributed by atoms with Gasteiger partial charge >= 0.3 is 0 Å². The summed E-state index contributed by atoms with van der Waals surface area (Å²) in [7, 11) is 1.85. The monoisotopic (exact) mass is 361 g/mol. The largest absolute Gasteiger partial charge is 0.345 e. The Balaban J connectivity index is 1.69. The van der Waals surface area contributed by atoms with Gasteiger partial charge in [0.05, 0.1) is 5.52 Å². The van der Waals surface area contributed by atoms with Crippen LogP contribution in [0.3, 0.4) is 0 Å². The smallest absolute Gasteiger partial charge is 0.270 e. The molecule has 1 aromatic heterocycles. The Hall–Kier alpha value is -1.36. The van der Waals surface area contributed by atoms with Crippen molar-refractivity contribution in [3.05, 3.63) is 28.4 Å². The number of rotatable bonds is 3. The molecule has 0 unspecified atom stereocenters. The summed E-state index contributed by atoms with van der Waals surface area (Å²) in [5.74, 6) is 0.716. The van der Waals surface area contributed by atoms with Crippen LogP contribution in [0.5, 0.6) is 0 Å². The number of halogens is 1. The third-order valence-corrected chi connectivity index (χ3v) is 5.72. The Morgan fingerprint density at radius 2 is 2.09 bits per heavy atom. The highest BCUT2D eigenvalue weighted by atomic mass is 79.9. The second kappa shape index (κ2) is 5.08. The summed E-state index contributed by atoms with van der Waals surface area (Å²) < 4.78 is 2.69. The van der Waals surface area contributed by atoms with Crippen LogP contribution >= 0.6 is 15.9 Å². The van der Waals surface area contributed by atoms with Crippen LogP contribution in [-0.4, -0.2) is 21.2 Å². The number of fused-ring (bicyclic) bond motifs is 1. The van der Waals surface area contributed by atoms with Gasteiger partial charge in [0.2, 0.25) is 0 Å². The van der Waals surface area contributed by atoms with Gasteiger partial charge in [-0.3, -0.25) is 9.48 Å². The highest BCUT2D eigenvalue weighted by Gasteiger charge is 2.48. The van der Waals surface area contributed by atoms with Crippen LogP contribution in [0, 0.1) is 5.92 Å². The van der Waals surface area contributed by atoms with Crippen LogP contribution in [0.1, 0.15) is 49.0 Å². The first-order valence-electron chi connectivity index (χ1n) is 8.04. The van der Waals surface area contributed by atoms with E-state index in [9.17, 15) is 4.79 Å². The average molecular weight is 362 g/mol. The number of nitrogens with one attached hydrogen (secondary N) is 1. The molecule has 0 bridgehead atoms. The van der Waals surface area contributed by atoms with Crippen LogP contribution in [0.2, 0.25) is 0 Å². The van der Waals surface area contributed by atoms with Crippen molar-refractivity contribution in [3.8, 4) is 0 Å². The summed E-state index contributed by atoms with van der Waals surface area (Å²) in [5, 5.41) is 8.79. The van der Waals surface area contributed by atoms with Crippen molar-refractivity contribution in [2.45, 2.75) is 44.1 Å². The first-order valence-corrected chi connectivity index (χ1v) is 8.83. The van der Waals surface area contributed by atoms with Crippen LogP contribution in [0.4, 0.5) is 0 Å². The number of carbonyl (C=O) groups is 1. The molecule has 22 heavy (non-hydrogen) atoms. The molecule has 0 aliphatic heterocycles. The van der Waals surface area contributed by atoms with Crippen LogP contribution < -0.4 is 5.32 Å².